The first kappa shape index (κ1) is 21.2. The molecule has 1 saturated heterocycles. The standard InChI is InChI=1S/C22H31N3O4/c1-22(2,15-25-11-7-5-6-8-12-25)23-21(26)17-14-19(29-24-17)16-9-10-18(27-3)20(13-16)28-4/h9-10,13-14H,5-8,11-12,15H2,1-4H3,(H,23,26). The molecule has 0 atom stereocenters. The molecule has 1 fully saturated rings. The van der Waals surface area contributed by atoms with Crippen molar-refractivity contribution in [1.29, 1.82) is 0 Å². The molecule has 158 valence electrons. The lowest BCUT2D eigenvalue weighted by molar-refractivity contribution is 0.0878. The summed E-state index contributed by atoms with van der Waals surface area (Å²) in [5.41, 5.74) is 0.667. The summed E-state index contributed by atoms with van der Waals surface area (Å²) in [5.74, 6) is 1.48. The first-order valence-corrected chi connectivity index (χ1v) is 10.2. The fourth-order valence-corrected chi connectivity index (χ4v) is 3.77. The van der Waals surface area contributed by atoms with Crippen LogP contribution in [0.5, 0.6) is 11.5 Å². The fraction of sp³-hybridized carbons (Fsp3) is 0.545. The van der Waals surface area contributed by atoms with Crippen LogP contribution in [0.15, 0.2) is 28.8 Å². The first-order valence-electron chi connectivity index (χ1n) is 10.2. The average molecular weight is 402 g/mol. The zero-order valence-corrected chi connectivity index (χ0v) is 17.8. The maximum Gasteiger partial charge on any atom is 0.273 e. The minimum atomic E-state index is -0.357. The van der Waals surface area contributed by atoms with Crippen molar-refractivity contribution in [3.05, 3.63) is 30.0 Å². The number of methoxy groups -OCH3 is 2. The van der Waals surface area contributed by atoms with Crippen LogP contribution < -0.4 is 14.8 Å². The van der Waals surface area contributed by atoms with Crippen LogP contribution in [0.25, 0.3) is 11.3 Å². The highest BCUT2D eigenvalue weighted by atomic mass is 16.5. The maximum atomic E-state index is 12.7. The Labute approximate surface area is 172 Å². The van der Waals surface area contributed by atoms with Crippen LogP contribution in [0.4, 0.5) is 0 Å². The number of carbonyl (C=O) groups excluding carboxylic acids is 1. The van der Waals surface area contributed by atoms with E-state index in [0.29, 0.717) is 17.3 Å². The molecule has 0 radical (unpaired) electrons. The Morgan fingerprint density at radius 2 is 1.79 bits per heavy atom. The Balaban J connectivity index is 1.67. The van der Waals surface area contributed by atoms with Crippen molar-refractivity contribution >= 4 is 5.91 Å². The number of nitrogens with one attached hydrogen (secondary N) is 1. The van der Waals surface area contributed by atoms with Gasteiger partial charge in [-0.2, -0.15) is 0 Å². The number of carbonyl (C=O) groups is 1. The van der Waals surface area contributed by atoms with Crippen LogP contribution in [0.2, 0.25) is 0 Å². The minimum Gasteiger partial charge on any atom is -0.493 e. The van der Waals surface area contributed by atoms with Gasteiger partial charge in [-0.25, -0.2) is 0 Å². The fourth-order valence-electron chi connectivity index (χ4n) is 3.77. The highest BCUT2D eigenvalue weighted by molar-refractivity contribution is 5.93. The molecule has 0 aliphatic carbocycles. The summed E-state index contributed by atoms with van der Waals surface area (Å²) in [6.07, 6.45) is 5.03. The minimum absolute atomic E-state index is 0.236. The van der Waals surface area contributed by atoms with Crippen molar-refractivity contribution in [1.82, 2.24) is 15.4 Å². The maximum absolute atomic E-state index is 12.7. The predicted molar refractivity (Wildman–Crippen MR) is 111 cm³/mol. The van der Waals surface area contributed by atoms with Crippen molar-refractivity contribution in [3.8, 4) is 22.8 Å². The first-order chi connectivity index (χ1) is 13.9. The molecule has 1 aliphatic heterocycles. The number of hydrogen-bond donors (Lipinski definition) is 1. The predicted octanol–water partition coefficient (Wildman–Crippen LogP) is 3.74. The Morgan fingerprint density at radius 1 is 1.10 bits per heavy atom. The molecule has 1 N–H and O–H groups in total. The Morgan fingerprint density at radius 3 is 2.45 bits per heavy atom. The molecule has 7 heteroatoms. The van der Waals surface area contributed by atoms with E-state index >= 15 is 0 Å². The number of ether oxygens (including phenoxy) is 2. The van der Waals surface area contributed by atoms with Gasteiger partial charge in [0.05, 0.1) is 14.2 Å². The van der Waals surface area contributed by atoms with Gasteiger partial charge in [0.25, 0.3) is 5.91 Å². The molecule has 1 aromatic carbocycles. The van der Waals surface area contributed by atoms with Crippen molar-refractivity contribution in [2.45, 2.75) is 45.1 Å². The van der Waals surface area contributed by atoms with Crippen LogP contribution in [0.1, 0.15) is 50.0 Å². The van der Waals surface area contributed by atoms with Crippen LogP contribution in [-0.2, 0) is 0 Å². The van der Waals surface area contributed by atoms with Crippen molar-refractivity contribution in [3.63, 3.8) is 0 Å². The number of likely N-dealkylation sites (tertiary alicyclic amines) is 1. The Hall–Kier alpha value is -2.54. The molecule has 0 spiro atoms. The number of rotatable bonds is 7. The van der Waals surface area contributed by atoms with Gasteiger partial charge in [-0.3, -0.25) is 4.79 Å². The van der Waals surface area contributed by atoms with E-state index in [2.05, 4.69) is 15.4 Å². The van der Waals surface area contributed by atoms with Gasteiger partial charge in [-0.05, 0) is 58.0 Å². The van der Waals surface area contributed by atoms with Gasteiger partial charge in [0, 0.05) is 23.7 Å². The largest absolute Gasteiger partial charge is 0.493 e. The normalized spacial score (nSPS) is 15.6. The summed E-state index contributed by atoms with van der Waals surface area (Å²) < 4.78 is 16.0. The third-order valence-electron chi connectivity index (χ3n) is 5.18. The SMILES string of the molecule is COc1ccc(-c2cc(C(=O)NC(C)(C)CN3CCCCCC3)no2)cc1OC. The summed E-state index contributed by atoms with van der Waals surface area (Å²) in [6.45, 7) is 7.09. The van der Waals surface area contributed by atoms with E-state index in [9.17, 15) is 4.79 Å². The third kappa shape index (κ3) is 5.50. The quantitative estimate of drug-likeness (QED) is 0.762. The van der Waals surface area contributed by atoms with Gasteiger partial charge in [-0.15, -0.1) is 0 Å². The number of aromatic nitrogens is 1. The molecule has 0 unspecified atom stereocenters. The van der Waals surface area contributed by atoms with Crippen LogP contribution >= 0.6 is 0 Å². The smallest absolute Gasteiger partial charge is 0.273 e. The summed E-state index contributed by atoms with van der Waals surface area (Å²) >= 11 is 0. The monoisotopic (exact) mass is 401 g/mol. The lowest BCUT2D eigenvalue weighted by Gasteiger charge is -2.32. The highest BCUT2D eigenvalue weighted by Crippen LogP contribution is 2.32. The topological polar surface area (TPSA) is 76.8 Å². The molecule has 29 heavy (non-hydrogen) atoms. The second-order valence-electron chi connectivity index (χ2n) is 8.17. The summed E-state index contributed by atoms with van der Waals surface area (Å²) in [7, 11) is 3.16. The van der Waals surface area contributed by atoms with E-state index in [-0.39, 0.29) is 17.1 Å². The second-order valence-corrected chi connectivity index (χ2v) is 8.17. The molecular formula is C22H31N3O4. The lowest BCUT2D eigenvalue weighted by atomic mass is 10.0. The molecule has 2 heterocycles. The van der Waals surface area contributed by atoms with E-state index in [1.54, 1.807) is 32.4 Å². The van der Waals surface area contributed by atoms with E-state index in [1.165, 1.54) is 25.7 Å². The number of amides is 1. The van der Waals surface area contributed by atoms with Crippen molar-refractivity contribution in [2.24, 2.45) is 0 Å². The Bertz CT molecular complexity index is 823. The Kier molecular flexibility index (Phi) is 6.79. The van der Waals surface area contributed by atoms with E-state index in [0.717, 1.165) is 25.2 Å². The zero-order valence-electron chi connectivity index (χ0n) is 17.8. The molecular weight excluding hydrogens is 370 g/mol. The van der Waals surface area contributed by atoms with Crippen molar-refractivity contribution < 1.29 is 18.8 Å². The molecule has 1 aromatic heterocycles. The van der Waals surface area contributed by atoms with Gasteiger partial charge in [-0.1, -0.05) is 18.0 Å². The second kappa shape index (κ2) is 9.31. The van der Waals surface area contributed by atoms with Gasteiger partial charge >= 0.3 is 0 Å². The van der Waals surface area contributed by atoms with Gasteiger partial charge in [0.15, 0.2) is 23.0 Å². The van der Waals surface area contributed by atoms with E-state index < -0.39 is 0 Å². The summed E-state index contributed by atoms with van der Waals surface area (Å²) in [5, 5.41) is 7.06. The number of benzene rings is 1. The summed E-state index contributed by atoms with van der Waals surface area (Å²) in [4.78, 5) is 15.2. The molecule has 0 saturated carbocycles. The van der Waals surface area contributed by atoms with Crippen LogP contribution in [-0.4, -0.2) is 55.4 Å². The van der Waals surface area contributed by atoms with E-state index in [4.69, 9.17) is 14.0 Å². The molecule has 1 amide bonds. The average Bonchev–Trinajstić information content (AvgIpc) is 3.06. The van der Waals surface area contributed by atoms with Crippen LogP contribution in [0.3, 0.4) is 0 Å². The zero-order chi connectivity index (χ0) is 20.9. The highest BCUT2D eigenvalue weighted by Gasteiger charge is 2.26. The molecule has 3 rings (SSSR count). The number of nitrogens with zero attached hydrogens (tertiary/aromatic N) is 2. The molecule has 7 nitrogen and oxygen atoms in total. The molecule has 0 bridgehead atoms. The lowest BCUT2D eigenvalue weighted by Crippen LogP contribution is -2.51. The molecule has 1 aliphatic rings. The summed E-state index contributed by atoms with van der Waals surface area (Å²) in [6, 6.07) is 7.08. The van der Waals surface area contributed by atoms with Gasteiger partial charge < -0.3 is 24.2 Å². The number of hydrogen-bond acceptors (Lipinski definition) is 6. The van der Waals surface area contributed by atoms with Crippen LogP contribution in [0, 0.1) is 0 Å². The molecule has 2 aromatic rings. The van der Waals surface area contributed by atoms with Gasteiger partial charge in [0.2, 0.25) is 0 Å². The third-order valence-corrected chi connectivity index (χ3v) is 5.18. The van der Waals surface area contributed by atoms with Crippen molar-refractivity contribution in [2.75, 3.05) is 33.9 Å². The van der Waals surface area contributed by atoms with E-state index in [1.807, 2.05) is 19.9 Å². The van der Waals surface area contributed by atoms with Gasteiger partial charge in [0.1, 0.15) is 0 Å².